The zero-order valence-corrected chi connectivity index (χ0v) is 9.92. The molecule has 0 saturated carbocycles. The van der Waals surface area contributed by atoms with Gasteiger partial charge < -0.3 is 10.6 Å². The van der Waals surface area contributed by atoms with Gasteiger partial charge in [0.05, 0.1) is 0 Å². The van der Waals surface area contributed by atoms with E-state index in [-0.39, 0.29) is 11.8 Å². The molecule has 0 radical (unpaired) electrons. The lowest BCUT2D eigenvalue weighted by atomic mass is 10.1. The van der Waals surface area contributed by atoms with Gasteiger partial charge in [-0.05, 0) is 36.6 Å². The van der Waals surface area contributed by atoms with Crippen LogP contribution in [0.5, 0.6) is 0 Å². The Kier molecular flexibility index (Phi) is 5.20. The predicted molar refractivity (Wildman–Crippen MR) is 66.4 cm³/mol. The van der Waals surface area contributed by atoms with Gasteiger partial charge in [-0.15, -0.1) is 6.58 Å². The number of hydrogen-bond acceptors (Lipinski definition) is 1. The Labute approximate surface area is 101 Å². The van der Waals surface area contributed by atoms with E-state index in [4.69, 9.17) is 0 Å². The smallest absolute Gasteiger partial charge is 0.315 e. The van der Waals surface area contributed by atoms with E-state index in [1.807, 2.05) is 6.92 Å². The highest BCUT2D eigenvalue weighted by molar-refractivity contribution is 5.73. The monoisotopic (exact) mass is 236 g/mol. The van der Waals surface area contributed by atoms with Gasteiger partial charge in [0.1, 0.15) is 5.82 Å². The highest BCUT2D eigenvalue weighted by atomic mass is 19.1. The van der Waals surface area contributed by atoms with E-state index in [2.05, 4.69) is 17.2 Å². The zero-order valence-electron chi connectivity index (χ0n) is 9.92. The van der Waals surface area contributed by atoms with Crippen molar-refractivity contribution >= 4 is 6.03 Å². The van der Waals surface area contributed by atoms with E-state index in [1.54, 1.807) is 12.1 Å². The van der Waals surface area contributed by atoms with Gasteiger partial charge in [0.2, 0.25) is 0 Å². The molecule has 4 heteroatoms. The van der Waals surface area contributed by atoms with E-state index < -0.39 is 0 Å². The molecule has 0 unspecified atom stereocenters. The van der Waals surface area contributed by atoms with Crippen molar-refractivity contribution in [2.24, 2.45) is 0 Å². The number of rotatable bonds is 5. The van der Waals surface area contributed by atoms with Gasteiger partial charge in [0.25, 0.3) is 0 Å². The van der Waals surface area contributed by atoms with Crippen LogP contribution in [0.15, 0.2) is 30.9 Å². The summed E-state index contributed by atoms with van der Waals surface area (Å²) in [7, 11) is 0. The summed E-state index contributed by atoms with van der Waals surface area (Å²) in [6, 6.07) is 4.45. The molecule has 1 rings (SSSR count). The number of nitrogens with one attached hydrogen (secondary N) is 2. The first kappa shape index (κ1) is 13.2. The van der Waals surface area contributed by atoms with Crippen molar-refractivity contribution in [3.05, 3.63) is 47.8 Å². The standard InChI is InChI=1S/C13H17FN2O/c1-3-7-15-13(17)16-8-6-11-4-5-12(14)9-10(11)2/h3-5,9H,1,6-8H2,2H3,(H2,15,16,17). The van der Waals surface area contributed by atoms with Gasteiger partial charge in [-0.25, -0.2) is 9.18 Å². The molecule has 0 aliphatic rings. The van der Waals surface area contributed by atoms with Crippen molar-refractivity contribution in [3.8, 4) is 0 Å². The molecule has 0 fully saturated rings. The average Bonchev–Trinajstić information content (AvgIpc) is 2.29. The summed E-state index contributed by atoms with van der Waals surface area (Å²) < 4.78 is 12.8. The van der Waals surface area contributed by atoms with Gasteiger partial charge >= 0.3 is 6.03 Å². The molecular formula is C13H17FN2O. The third kappa shape index (κ3) is 4.68. The minimum absolute atomic E-state index is 0.218. The summed E-state index contributed by atoms with van der Waals surface area (Å²) in [5, 5.41) is 5.33. The van der Waals surface area contributed by atoms with E-state index in [9.17, 15) is 9.18 Å². The summed E-state index contributed by atoms with van der Waals surface area (Å²) in [5.41, 5.74) is 1.94. The Morgan fingerprint density at radius 3 is 2.88 bits per heavy atom. The van der Waals surface area contributed by atoms with Crippen molar-refractivity contribution in [1.82, 2.24) is 10.6 Å². The third-order valence-corrected chi connectivity index (χ3v) is 2.39. The van der Waals surface area contributed by atoms with Gasteiger partial charge in [0, 0.05) is 13.1 Å². The minimum atomic E-state index is -0.233. The molecule has 0 aliphatic heterocycles. The molecule has 2 N–H and O–H groups in total. The summed E-state index contributed by atoms with van der Waals surface area (Å²) in [5.74, 6) is -0.233. The van der Waals surface area contributed by atoms with Crippen molar-refractivity contribution in [3.63, 3.8) is 0 Å². The molecule has 1 aromatic rings. The largest absolute Gasteiger partial charge is 0.338 e. The number of hydrogen-bond donors (Lipinski definition) is 2. The molecule has 3 nitrogen and oxygen atoms in total. The maximum atomic E-state index is 12.8. The van der Waals surface area contributed by atoms with Gasteiger partial charge in [-0.2, -0.15) is 0 Å². The Morgan fingerprint density at radius 2 is 2.24 bits per heavy atom. The second kappa shape index (κ2) is 6.68. The second-order valence-electron chi connectivity index (χ2n) is 3.75. The normalized spacial score (nSPS) is 9.76. The Morgan fingerprint density at radius 1 is 1.47 bits per heavy atom. The summed E-state index contributed by atoms with van der Waals surface area (Å²) in [6.45, 7) is 6.33. The Hall–Kier alpha value is -1.84. The van der Waals surface area contributed by atoms with Crippen LogP contribution in [-0.4, -0.2) is 19.1 Å². The van der Waals surface area contributed by atoms with Gasteiger partial charge in [-0.1, -0.05) is 12.1 Å². The first-order valence-electron chi connectivity index (χ1n) is 5.51. The molecule has 0 spiro atoms. The number of halogens is 1. The molecule has 0 aromatic heterocycles. The molecule has 0 heterocycles. The number of carbonyl (C=O) groups is 1. The number of urea groups is 1. The number of amides is 2. The zero-order chi connectivity index (χ0) is 12.7. The number of carbonyl (C=O) groups excluding carboxylic acids is 1. The van der Waals surface area contributed by atoms with Crippen LogP contribution >= 0.6 is 0 Å². The SMILES string of the molecule is C=CCNC(=O)NCCc1ccc(F)cc1C. The molecule has 92 valence electrons. The average molecular weight is 236 g/mol. The first-order chi connectivity index (χ1) is 8.13. The minimum Gasteiger partial charge on any atom is -0.338 e. The molecule has 0 bridgehead atoms. The maximum absolute atomic E-state index is 12.8. The Bertz CT molecular complexity index is 404. The second-order valence-corrected chi connectivity index (χ2v) is 3.75. The molecule has 1 aromatic carbocycles. The lowest BCUT2D eigenvalue weighted by Gasteiger charge is -2.08. The fourth-order valence-corrected chi connectivity index (χ4v) is 1.48. The van der Waals surface area contributed by atoms with Gasteiger partial charge in [-0.3, -0.25) is 0 Å². The van der Waals surface area contributed by atoms with E-state index in [0.29, 0.717) is 19.5 Å². The molecular weight excluding hydrogens is 219 g/mol. The van der Waals surface area contributed by atoms with E-state index in [1.165, 1.54) is 12.1 Å². The number of aryl methyl sites for hydroxylation is 1. The van der Waals surface area contributed by atoms with Crippen LogP contribution in [0.2, 0.25) is 0 Å². The molecule has 0 saturated heterocycles. The lowest BCUT2D eigenvalue weighted by Crippen LogP contribution is -2.36. The Balaban J connectivity index is 2.35. The molecule has 2 amide bonds. The molecule has 0 atom stereocenters. The van der Waals surface area contributed by atoms with Crippen molar-refractivity contribution in [2.75, 3.05) is 13.1 Å². The first-order valence-corrected chi connectivity index (χ1v) is 5.51. The van der Waals surface area contributed by atoms with Crippen LogP contribution in [0.3, 0.4) is 0 Å². The van der Waals surface area contributed by atoms with Crippen LogP contribution in [-0.2, 0) is 6.42 Å². The van der Waals surface area contributed by atoms with Crippen molar-refractivity contribution < 1.29 is 9.18 Å². The highest BCUT2D eigenvalue weighted by Gasteiger charge is 2.01. The van der Waals surface area contributed by atoms with Crippen LogP contribution in [0.1, 0.15) is 11.1 Å². The molecule has 17 heavy (non-hydrogen) atoms. The third-order valence-electron chi connectivity index (χ3n) is 2.39. The fourth-order valence-electron chi connectivity index (χ4n) is 1.48. The number of benzene rings is 1. The van der Waals surface area contributed by atoms with E-state index >= 15 is 0 Å². The highest BCUT2D eigenvalue weighted by Crippen LogP contribution is 2.10. The van der Waals surface area contributed by atoms with Crippen LogP contribution in [0.25, 0.3) is 0 Å². The topological polar surface area (TPSA) is 41.1 Å². The fraction of sp³-hybridized carbons (Fsp3) is 0.308. The summed E-state index contributed by atoms with van der Waals surface area (Å²) >= 11 is 0. The predicted octanol–water partition coefficient (Wildman–Crippen LogP) is 2.16. The van der Waals surface area contributed by atoms with Crippen LogP contribution in [0.4, 0.5) is 9.18 Å². The van der Waals surface area contributed by atoms with Crippen molar-refractivity contribution in [1.29, 1.82) is 0 Å². The van der Waals surface area contributed by atoms with Crippen LogP contribution < -0.4 is 10.6 Å². The summed E-state index contributed by atoms with van der Waals surface area (Å²) in [6.07, 6.45) is 2.30. The van der Waals surface area contributed by atoms with Crippen LogP contribution in [0, 0.1) is 12.7 Å². The molecule has 0 aliphatic carbocycles. The quantitative estimate of drug-likeness (QED) is 0.756. The van der Waals surface area contributed by atoms with E-state index in [0.717, 1.165) is 11.1 Å². The van der Waals surface area contributed by atoms with Crippen molar-refractivity contribution in [2.45, 2.75) is 13.3 Å². The summed E-state index contributed by atoms with van der Waals surface area (Å²) in [4.78, 5) is 11.2. The lowest BCUT2D eigenvalue weighted by molar-refractivity contribution is 0.242. The van der Waals surface area contributed by atoms with Gasteiger partial charge in [0.15, 0.2) is 0 Å². The maximum Gasteiger partial charge on any atom is 0.315 e.